The summed E-state index contributed by atoms with van der Waals surface area (Å²) in [6.45, 7) is 7.67. The fourth-order valence-electron chi connectivity index (χ4n) is 4.10. The van der Waals surface area contributed by atoms with Crippen LogP contribution in [0.2, 0.25) is 0 Å². The van der Waals surface area contributed by atoms with Gasteiger partial charge in [-0.15, -0.1) is 5.10 Å². The maximum Gasteiger partial charge on any atom is 0.239 e. The number of nitrogens with zero attached hydrogens (tertiary/aromatic N) is 4. The maximum absolute atomic E-state index is 12.7. The molecular weight excluding hydrogens is 454 g/mol. The summed E-state index contributed by atoms with van der Waals surface area (Å²) in [6, 6.07) is 11.3. The molecule has 0 spiro atoms. The van der Waals surface area contributed by atoms with Crippen LogP contribution in [0.3, 0.4) is 0 Å². The van der Waals surface area contributed by atoms with Gasteiger partial charge in [-0.2, -0.15) is 0 Å². The summed E-state index contributed by atoms with van der Waals surface area (Å²) in [5, 5.41) is 18.2. The van der Waals surface area contributed by atoms with Crippen LogP contribution in [0.1, 0.15) is 54.7 Å². The average Bonchev–Trinajstić information content (AvgIpc) is 3.53. The first-order valence-corrected chi connectivity index (χ1v) is 12.3. The number of aryl methyl sites for hydroxylation is 2. The Balaban J connectivity index is 1.53. The van der Waals surface area contributed by atoms with Crippen molar-refractivity contribution in [2.75, 3.05) is 11.9 Å². The van der Waals surface area contributed by atoms with E-state index in [1.165, 1.54) is 0 Å². The van der Waals surface area contributed by atoms with Gasteiger partial charge in [0, 0.05) is 35.9 Å². The molecule has 1 aromatic carbocycles. The molecule has 0 saturated heterocycles. The highest BCUT2D eigenvalue weighted by atomic mass is 16.5. The molecule has 1 aliphatic carbocycles. The smallest absolute Gasteiger partial charge is 0.239 e. The lowest BCUT2D eigenvalue weighted by molar-refractivity contribution is 0.0943. The SMILES string of the molecule is Cc1ccc(Oc2cc(NCC(C)(C)O)c3ncc(-c4ccc(C(=O)CC5CC5)c(C)c4)n3n2)cn1. The number of hydrogen-bond donors (Lipinski definition) is 2. The predicted molar refractivity (Wildman–Crippen MR) is 139 cm³/mol. The minimum absolute atomic E-state index is 0.207. The normalized spacial score (nSPS) is 13.7. The van der Waals surface area contributed by atoms with Crippen molar-refractivity contribution >= 4 is 17.1 Å². The molecule has 0 unspecified atom stereocenters. The molecule has 3 heterocycles. The number of hydrogen-bond acceptors (Lipinski definition) is 7. The number of pyridine rings is 1. The van der Waals surface area contributed by atoms with E-state index in [0.29, 0.717) is 41.8 Å². The third-order valence-corrected chi connectivity index (χ3v) is 6.26. The topological polar surface area (TPSA) is 102 Å². The number of benzene rings is 1. The molecule has 186 valence electrons. The van der Waals surface area contributed by atoms with Gasteiger partial charge in [0.1, 0.15) is 5.75 Å². The lowest BCUT2D eigenvalue weighted by Gasteiger charge is -2.19. The molecule has 1 fully saturated rings. The molecule has 3 aromatic heterocycles. The van der Waals surface area contributed by atoms with Gasteiger partial charge in [0.25, 0.3) is 0 Å². The Morgan fingerprint density at radius 2 is 1.94 bits per heavy atom. The summed E-state index contributed by atoms with van der Waals surface area (Å²) in [7, 11) is 0. The van der Waals surface area contributed by atoms with Gasteiger partial charge in [-0.05, 0) is 70.2 Å². The molecule has 8 nitrogen and oxygen atoms in total. The van der Waals surface area contributed by atoms with Crippen LogP contribution in [-0.2, 0) is 0 Å². The zero-order chi connectivity index (χ0) is 25.4. The molecular formula is C28H31N5O3. The lowest BCUT2D eigenvalue weighted by atomic mass is 9.98. The van der Waals surface area contributed by atoms with E-state index < -0.39 is 5.60 Å². The number of rotatable bonds is 9. The first-order chi connectivity index (χ1) is 17.2. The number of imidazole rings is 1. The molecule has 8 heteroatoms. The molecule has 5 rings (SSSR count). The van der Waals surface area contributed by atoms with Crippen molar-refractivity contribution < 1.29 is 14.6 Å². The second-order valence-electron chi connectivity index (χ2n) is 10.3. The standard InChI is InChI=1S/C28H31N5O3/c1-17-11-20(8-10-22(17)25(34)12-19-6-7-19)24-15-30-27-23(31-16-28(3,4)35)13-26(32-33(24)27)36-21-9-5-18(2)29-14-21/h5,8-11,13-15,19,31,35H,6-7,12,16H2,1-4H3. The Morgan fingerprint density at radius 3 is 2.61 bits per heavy atom. The van der Waals surface area contributed by atoms with Gasteiger partial charge in [0.2, 0.25) is 5.88 Å². The van der Waals surface area contributed by atoms with E-state index in [4.69, 9.17) is 9.84 Å². The summed E-state index contributed by atoms with van der Waals surface area (Å²) in [5.74, 6) is 1.69. The molecule has 0 bridgehead atoms. The number of aromatic nitrogens is 4. The molecule has 0 atom stereocenters. The van der Waals surface area contributed by atoms with Crippen LogP contribution < -0.4 is 10.1 Å². The quantitative estimate of drug-likeness (QED) is 0.308. The van der Waals surface area contributed by atoms with E-state index in [0.717, 1.165) is 40.9 Å². The molecule has 0 aliphatic heterocycles. The Bertz CT molecular complexity index is 1420. The number of ether oxygens (including phenoxy) is 1. The average molecular weight is 486 g/mol. The molecule has 4 aromatic rings. The Morgan fingerprint density at radius 1 is 1.14 bits per heavy atom. The van der Waals surface area contributed by atoms with E-state index in [2.05, 4.69) is 15.3 Å². The number of Topliss-reactive ketones (excluding diaryl/α,β-unsaturated/α-hetero) is 1. The van der Waals surface area contributed by atoms with Gasteiger partial charge in [0.15, 0.2) is 11.4 Å². The van der Waals surface area contributed by atoms with Crippen LogP contribution in [0.5, 0.6) is 11.6 Å². The predicted octanol–water partition coefficient (Wildman–Crippen LogP) is 5.37. The van der Waals surface area contributed by atoms with Crippen molar-refractivity contribution in [1.29, 1.82) is 0 Å². The van der Waals surface area contributed by atoms with Crippen LogP contribution in [0.25, 0.3) is 16.9 Å². The second-order valence-corrected chi connectivity index (χ2v) is 10.3. The molecule has 1 saturated carbocycles. The summed E-state index contributed by atoms with van der Waals surface area (Å²) < 4.78 is 7.75. The van der Waals surface area contributed by atoms with Crippen molar-refractivity contribution in [3.05, 3.63) is 65.6 Å². The number of nitrogens with one attached hydrogen (secondary N) is 1. The minimum atomic E-state index is -0.919. The highest BCUT2D eigenvalue weighted by molar-refractivity contribution is 5.98. The lowest BCUT2D eigenvalue weighted by Crippen LogP contribution is -2.29. The van der Waals surface area contributed by atoms with Crippen LogP contribution in [0.15, 0.2) is 48.8 Å². The monoisotopic (exact) mass is 485 g/mol. The summed E-state index contributed by atoms with van der Waals surface area (Å²) in [5.41, 5.74) is 4.65. The molecule has 36 heavy (non-hydrogen) atoms. The van der Waals surface area contributed by atoms with Crippen molar-refractivity contribution in [1.82, 2.24) is 19.6 Å². The summed E-state index contributed by atoms with van der Waals surface area (Å²) in [4.78, 5) is 21.6. The van der Waals surface area contributed by atoms with Crippen LogP contribution in [-0.4, -0.2) is 42.6 Å². The minimum Gasteiger partial charge on any atom is -0.436 e. The van der Waals surface area contributed by atoms with Crippen molar-refractivity contribution in [2.24, 2.45) is 5.92 Å². The molecule has 0 amide bonds. The fourth-order valence-corrected chi connectivity index (χ4v) is 4.10. The number of carbonyl (C=O) groups is 1. The zero-order valence-corrected chi connectivity index (χ0v) is 21.1. The Hall–Kier alpha value is -3.78. The fraction of sp³-hybridized carbons (Fsp3) is 0.357. The number of aliphatic hydroxyl groups is 1. The van der Waals surface area contributed by atoms with E-state index in [1.807, 2.05) is 44.2 Å². The van der Waals surface area contributed by atoms with Crippen molar-refractivity contribution in [3.8, 4) is 22.9 Å². The van der Waals surface area contributed by atoms with Gasteiger partial charge in [-0.25, -0.2) is 9.50 Å². The van der Waals surface area contributed by atoms with Crippen molar-refractivity contribution in [2.45, 2.75) is 52.6 Å². The summed E-state index contributed by atoms with van der Waals surface area (Å²) in [6.07, 6.45) is 6.35. The number of anilines is 1. The maximum atomic E-state index is 12.7. The largest absolute Gasteiger partial charge is 0.436 e. The van der Waals surface area contributed by atoms with Crippen LogP contribution in [0, 0.1) is 19.8 Å². The molecule has 2 N–H and O–H groups in total. The third-order valence-electron chi connectivity index (χ3n) is 6.26. The Labute approximate surface area is 210 Å². The zero-order valence-electron chi connectivity index (χ0n) is 21.1. The van der Waals surface area contributed by atoms with Gasteiger partial charge in [-0.1, -0.05) is 12.1 Å². The Kier molecular flexibility index (Phi) is 6.22. The van der Waals surface area contributed by atoms with Gasteiger partial charge < -0.3 is 15.2 Å². The van der Waals surface area contributed by atoms with Gasteiger partial charge >= 0.3 is 0 Å². The highest BCUT2D eigenvalue weighted by Crippen LogP contribution is 2.35. The first kappa shape index (κ1) is 23.9. The van der Waals surface area contributed by atoms with Crippen LogP contribution >= 0.6 is 0 Å². The highest BCUT2D eigenvalue weighted by Gasteiger charge is 2.26. The van der Waals surface area contributed by atoms with Crippen molar-refractivity contribution in [3.63, 3.8) is 0 Å². The first-order valence-electron chi connectivity index (χ1n) is 12.3. The number of fused-ring (bicyclic) bond motifs is 1. The van der Waals surface area contributed by atoms with E-state index >= 15 is 0 Å². The van der Waals surface area contributed by atoms with Crippen LogP contribution in [0.4, 0.5) is 5.69 Å². The van der Waals surface area contributed by atoms with E-state index in [9.17, 15) is 9.90 Å². The third kappa shape index (κ3) is 5.39. The van der Waals surface area contributed by atoms with E-state index in [-0.39, 0.29) is 5.78 Å². The van der Waals surface area contributed by atoms with Gasteiger partial charge in [-0.3, -0.25) is 9.78 Å². The number of carbonyl (C=O) groups excluding carboxylic acids is 1. The molecule has 1 aliphatic rings. The second kappa shape index (κ2) is 9.35. The summed E-state index contributed by atoms with van der Waals surface area (Å²) >= 11 is 0. The molecule has 0 radical (unpaired) electrons. The van der Waals surface area contributed by atoms with Gasteiger partial charge in [0.05, 0.1) is 29.4 Å². The number of ketones is 1. The van der Waals surface area contributed by atoms with E-state index in [1.54, 1.807) is 36.8 Å².